The third-order valence-electron chi connectivity index (χ3n) is 5.80. The van der Waals surface area contributed by atoms with Gasteiger partial charge in [-0.15, -0.1) is 0 Å². The van der Waals surface area contributed by atoms with Crippen LogP contribution in [0.2, 0.25) is 0 Å². The van der Waals surface area contributed by atoms with Gasteiger partial charge in [-0.3, -0.25) is 19.7 Å². The van der Waals surface area contributed by atoms with E-state index in [4.69, 9.17) is 0 Å². The van der Waals surface area contributed by atoms with Gasteiger partial charge in [0.1, 0.15) is 5.56 Å². The van der Waals surface area contributed by atoms with E-state index in [1.165, 1.54) is 12.5 Å². The van der Waals surface area contributed by atoms with E-state index in [9.17, 15) is 19.7 Å². The Hall–Kier alpha value is -3.42. The molecule has 0 atom stereocenters. The topological polar surface area (TPSA) is 105 Å². The van der Waals surface area contributed by atoms with E-state index in [0.29, 0.717) is 11.3 Å². The van der Waals surface area contributed by atoms with Crippen LogP contribution in [0.15, 0.2) is 36.4 Å². The van der Waals surface area contributed by atoms with Crippen LogP contribution in [0.4, 0.5) is 17.1 Å². The minimum absolute atomic E-state index is 0.0142. The van der Waals surface area contributed by atoms with E-state index in [1.807, 2.05) is 6.92 Å². The molecule has 8 nitrogen and oxygen atoms in total. The lowest BCUT2D eigenvalue weighted by molar-refractivity contribution is -0.385. The van der Waals surface area contributed by atoms with Crippen molar-refractivity contribution < 1.29 is 14.5 Å². The van der Waals surface area contributed by atoms with E-state index in [2.05, 4.69) is 15.5 Å². The third-order valence-corrected chi connectivity index (χ3v) is 5.80. The molecule has 1 saturated heterocycles. The highest BCUT2D eigenvalue weighted by molar-refractivity contribution is 6.08. The summed E-state index contributed by atoms with van der Waals surface area (Å²) in [5.74, 6) is -0.746. The molecule has 1 saturated carbocycles. The minimum atomic E-state index is -0.562. The summed E-state index contributed by atoms with van der Waals surface area (Å²) in [5, 5.41) is 17.2. The molecule has 1 heterocycles. The summed E-state index contributed by atoms with van der Waals surface area (Å²) in [7, 11) is 0. The van der Waals surface area contributed by atoms with Crippen LogP contribution in [-0.2, 0) is 0 Å². The van der Waals surface area contributed by atoms with Crippen molar-refractivity contribution in [3.8, 4) is 0 Å². The van der Waals surface area contributed by atoms with Crippen molar-refractivity contribution in [3.63, 3.8) is 0 Å². The number of carbonyl (C=O) groups excluding carboxylic acids is 2. The molecule has 2 aromatic carbocycles. The monoisotopic (exact) mass is 422 g/mol. The Morgan fingerprint density at radius 2 is 1.77 bits per heavy atom. The van der Waals surface area contributed by atoms with Gasteiger partial charge in [0.15, 0.2) is 0 Å². The summed E-state index contributed by atoms with van der Waals surface area (Å²) in [4.78, 5) is 38.6. The lowest BCUT2D eigenvalue weighted by atomic mass is 10.1. The number of aryl methyl sites for hydroxylation is 1. The van der Waals surface area contributed by atoms with Crippen LogP contribution >= 0.6 is 0 Å². The first-order chi connectivity index (χ1) is 14.9. The van der Waals surface area contributed by atoms with Crippen LogP contribution in [0, 0.1) is 17.0 Å². The first-order valence-electron chi connectivity index (χ1n) is 10.7. The van der Waals surface area contributed by atoms with Gasteiger partial charge in [0.25, 0.3) is 17.5 Å². The molecule has 0 bridgehead atoms. The molecule has 2 N–H and O–H groups in total. The van der Waals surface area contributed by atoms with Crippen LogP contribution in [0.5, 0.6) is 0 Å². The molecular formula is C23H26N4O4. The highest BCUT2D eigenvalue weighted by atomic mass is 16.6. The number of nitrogens with zero attached hydrogens (tertiary/aromatic N) is 2. The number of rotatable bonds is 6. The zero-order valence-electron chi connectivity index (χ0n) is 17.5. The molecule has 2 aromatic rings. The smallest absolute Gasteiger partial charge is 0.282 e. The van der Waals surface area contributed by atoms with Gasteiger partial charge < -0.3 is 15.5 Å². The average molecular weight is 422 g/mol. The predicted octanol–water partition coefficient (Wildman–Crippen LogP) is 4.04. The van der Waals surface area contributed by atoms with E-state index >= 15 is 0 Å². The highest BCUT2D eigenvalue weighted by Crippen LogP contribution is 2.29. The molecule has 4 rings (SSSR count). The number of piperidine rings is 1. The van der Waals surface area contributed by atoms with Gasteiger partial charge in [-0.1, -0.05) is 6.07 Å². The maximum atomic E-state index is 13.1. The predicted molar refractivity (Wildman–Crippen MR) is 119 cm³/mol. The zero-order chi connectivity index (χ0) is 22.0. The molecule has 0 spiro atoms. The first-order valence-corrected chi connectivity index (χ1v) is 10.7. The Labute approximate surface area is 180 Å². The maximum absolute atomic E-state index is 13.1. The highest BCUT2D eigenvalue weighted by Gasteiger charge is 2.25. The van der Waals surface area contributed by atoms with E-state index in [-0.39, 0.29) is 23.2 Å². The van der Waals surface area contributed by atoms with E-state index in [0.717, 1.165) is 50.0 Å². The van der Waals surface area contributed by atoms with Crippen LogP contribution < -0.4 is 15.5 Å². The quantitative estimate of drug-likeness (QED) is 0.540. The summed E-state index contributed by atoms with van der Waals surface area (Å²) in [6, 6.07) is 10.0. The largest absolute Gasteiger partial charge is 0.372 e. The SMILES string of the molecule is Cc1ccc(C(=O)NC2CC2)cc1NC(=O)c1cc(N2CCCCC2)ccc1[N+](=O)[O-]. The molecule has 8 heteroatoms. The second-order valence-electron chi connectivity index (χ2n) is 8.24. The molecule has 31 heavy (non-hydrogen) atoms. The molecule has 2 fully saturated rings. The molecule has 0 unspecified atom stereocenters. The molecule has 2 aliphatic rings. The van der Waals surface area contributed by atoms with E-state index < -0.39 is 10.8 Å². The van der Waals surface area contributed by atoms with E-state index in [1.54, 1.807) is 30.3 Å². The summed E-state index contributed by atoms with van der Waals surface area (Å²) < 4.78 is 0. The Kier molecular flexibility index (Phi) is 5.88. The van der Waals surface area contributed by atoms with Gasteiger partial charge in [0, 0.05) is 42.1 Å². The van der Waals surface area contributed by atoms with Crippen molar-refractivity contribution in [2.75, 3.05) is 23.3 Å². The molecule has 2 amide bonds. The minimum Gasteiger partial charge on any atom is -0.372 e. The number of anilines is 2. The van der Waals surface area contributed by atoms with Gasteiger partial charge in [0.05, 0.1) is 4.92 Å². The van der Waals surface area contributed by atoms with Gasteiger partial charge in [-0.05, 0) is 68.9 Å². The van der Waals surface area contributed by atoms with Crippen molar-refractivity contribution >= 4 is 28.9 Å². The molecule has 162 valence electrons. The normalized spacial score (nSPS) is 16.0. The fourth-order valence-corrected chi connectivity index (χ4v) is 3.80. The van der Waals surface area contributed by atoms with Crippen molar-refractivity contribution in [2.45, 2.75) is 45.1 Å². The molecule has 0 radical (unpaired) electrons. The maximum Gasteiger partial charge on any atom is 0.282 e. The Morgan fingerprint density at radius 1 is 1.03 bits per heavy atom. The van der Waals surface area contributed by atoms with Gasteiger partial charge in [0.2, 0.25) is 0 Å². The molecule has 0 aromatic heterocycles. The third kappa shape index (κ3) is 4.84. The van der Waals surface area contributed by atoms with Crippen molar-refractivity contribution in [1.29, 1.82) is 0 Å². The van der Waals surface area contributed by atoms with Crippen LogP contribution in [0.1, 0.15) is 58.4 Å². The number of benzene rings is 2. The molecular weight excluding hydrogens is 396 g/mol. The van der Waals surface area contributed by atoms with Crippen molar-refractivity contribution in [1.82, 2.24) is 5.32 Å². The summed E-state index contributed by atoms with van der Waals surface area (Å²) in [5.41, 5.74) is 2.27. The number of nitro benzene ring substituents is 1. The first kappa shape index (κ1) is 20.8. The average Bonchev–Trinajstić information content (AvgIpc) is 3.59. The summed E-state index contributed by atoms with van der Waals surface area (Å²) in [6.07, 6.45) is 5.26. The zero-order valence-corrected chi connectivity index (χ0v) is 17.5. The van der Waals surface area contributed by atoms with Crippen LogP contribution in [0.25, 0.3) is 0 Å². The number of amides is 2. The Bertz CT molecular complexity index is 1030. The van der Waals surface area contributed by atoms with Crippen LogP contribution in [-0.4, -0.2) is 35.9 Å². The lowest BCUT2D eigenvalue weighted by Gasteiger charge is -2.29. The van der Waals surface area contributed by atoms with Gasteiger partial charge >= 0.3 is 0 Å². The second-order valence-corrected chi connectivity index (χ2v) is 8.24. The number of hydrogen-bond donors (Lipinski definition) is 2. The number of carbonyl (C=O) groups is 2. The second kappa shape index (κ2) is 8.75. The number of nitro groups is 1. The van der Waals surface area contributed by atoms with Crippen molar-refractivity contribution in [3.05, 3.63) is 63.2 Å². The Morgan fingerprint density at radius 3 is 2.45 bits per heavy atom. The van der Waals surface area contributed by atoms with Gasteiger partial charge in [-0.2, -0.15) is 0 Å². The Balaban J connectivity index is 1.59. The number of nitrogens with one attached hydrogen (secondary N) is 2. The summed E-state index contributed by atoms with van der Waals surface area (Å²) in [6.45, 7) is 3.56. The van der Waals surface area contributed by atoms with Gasteiger partial charge in [-0.25, -0.2) is 0 Å². The molecule has 1 aliphatic carbocycles. The fraction of sp³-hybridized carbons (Fsp3) is 0.391. The van der Waals surface area contributed by atoms with Crippen molar-refractivity contribution in [2.24, 2.45) is 0 Å². The number of hydrogen-bond acceptors (Lipinski definition) is 5. The van der Waals surface area contributed by atoms with Crippen LogP contribution in [0.3, 0.4) is 0 Å². The fourth-order valence-electron chi connectivity index (χ4n) is 3.80. The lowest BCUT2D eigenvalue weighted by Crippen LogP contribution is -2.29. The molecule has 1 aliphatic heterocycles. The summed E-state index contributed by atoms with van der Waals surface area (Å²) >= 11 is 0. The standard InChI is InChI=1S/C23H26N4O4/c1-15-5-6-16(22(28)24-17-7-8-17)13-20(15)25-23(29)19-14-18(9-10-21(19)27(30)31)26-11-3-2-4-12-26/h5-6,9-10,13-14,17H,2-4,7-8,11-12H2,1H3,(H,24,28)(H,25,29).